The molecule has 2 heterocycles. The summed E-state index contributed by atoms with van der Waals surface area (Å²) in [5, 5.41) is 10.4. The molecule has 82 valence electrons. The maximum atomic E-state index is 10.4. The van der Waals surface area contributed by atoms with Crippen LogP contribution in [0, 0.1) is 10.1 Å². The minimum absolute atomic E-state index is 0.149. The molecule has 2 rings (SSSR count). The average Bonchev–Trinajstić information content (AvgIpc) is 2.67. The number of rotatable bonds is 2. The lowest BCUT2D eigenvalue weighted by Crippen LogP contribution is -2.34. The van der Waals surface area contributed by atoms with E-state index >= 15 is 0 Å². The van der Waals surface area contributed by atoms with Crippen LogP contribution in [0.15, 0.2) is 16.5 Å². The third-order valence-electron chi connectivity index (χ3n) is 2.44. The molecule has 6 heteroatoms. The molecule has 1 saturated heterocycles. The zero-order chi connectivity index (χ0) is 10.8. The summed E-state index contributed by atoms with van der Waals surface area (Å²) < 4.78 is 10.5. The first-order chi connectivity index (χ1) is 7.18. The van der Waals surface area contributed by atoms with E-state index in [0.29, 0.717) is 12.4 Å². The van der Waals surface area contributed by atoms with E-state index in [1.807, 2.05) is 0 Å². The number of nitrogens with two attached hydrogens (primary N) is 1. The first-order valence-corrected chi connectivity index (χ1v) is 4.80. The van der Waals surface area contributed by atoms with Gasteiger partial charge >= 0.3 is 5.88 Å². The fraction of sp³-hybridized carbons (Fsp3) is 0.556. The number of nitrogens with zero attached hydrogens (tertiary/aromatic N) is 1. The largest absolute Gasteiger partial charge is 0.433 e. The van der Waals surface area contributed by atoms with E-state index in [0.717, 1.165) is 12.8 Å². The van der Waals surface area contributed by atoms with Crippen LogP contribution in [0.2, 0.25) is 0 Å². The maximum absolute atomic E-state index is 10.4. The summed E-state index contributed by atoms with van der Waals surface area (Å²) in [4.78, 5) is 9.85. The molecule has 1 fully saturated rings. The smallest absolute Gasteiger partial charge is 0.403 e. The van der Waals surface area contributed by atoms with Crippen molar-refractivity contribution in [3.8, 4) is 0 Å². The lowest BCUT2D eigenvalue weighted by atomic mass is 10.0. The Kier molecular flexibility index (Phi) is 2.70. The first kappa shape index (κ1) is 10.1. The predicted molar refractivity (Wildman–Crippen MR) is 51.3 cm³/mol. The normalized spacial score (nSPS) is 26.5. The molecule has 0 amide bonds. The molecule has 0 aliphatic carbocycles. The second-order valence-corrected chi connectivity index (χ2v) is 3.53. The van der Waals surface area contributed by atoms with E-state index in [-0.39, 0.29) is 18.0 Å². The van der Waals surface area contributed by atoms with Gasteiger partial charge < -0.3 is 14.9 Å². The van der Waals surface area contributed by atoms with Gasteiger partial charge in [0.25, 0.3) is 0 Å². The van der Waals surface area contributed by atoms with E-state index < -0.39 is 4.92 Å². The van der Waals surface area contributed by atoms with Crippen LogP contribution in [0.5, 0.6) is 0 Å². The molecular weight excluding hydrogens is 200 g/mol. The fourth-order valence-electron chi connectivity index (χ4n) is 1.69. The van der Waals surface area contributed by atoms with Crippen LogP contribution in [-0.4, -0.2) is 17.6 Å². The summed E-state index contributed by atoms with van der Waals surface area (Å²) in [6, 6.07) is 2.72. The monoisotopic (exact) mass is 212 g/mol. The third kappa shape index (κ3) is 2.00. The van der Waals surface area contributed by atoms with Crippen LogP contribution in [0.25, 0.3) is 0 Å². The Labute approximate surface area is 86.2 Å². The summed E-state index contributed by atoms with van der Waals surface area (Å²) in [7, 11) is 0. The number of nitro groups is 1. The highest BCUT2D eigenvalue weighted by atomic mass is 16.6. The molecule has 0 bridgehead atoms. The minimum Gasteiger partial charge on any atom is -0.403 e. The average molecular weight is 212 g/mol. The summed E-state index contributed by atoms with van der Waals surface area (Å²) in [6.07, 6.45) is 1.41. The Morgan fingerprint density at radius 1 is 1.53 bits per heavy atom. The summed E-state index contributed by atoms with van der Waals surface area (Å²) >= 11 is 0. The van der Waals surface area contributed by atoms with Gasteiger partial charge in [-0.25, -0.2) is 0 Å². The Morgan fingerprint density at radius 3 is 2.93 bits per heavy atom. The van der Waals surface area contributed by atoms with Crippen molar-refractivity contribution in [2.75, 3.05) is 6.61 Å². The van der Waals surface area contributed by atoms with Crippen molar-refractivity contribution >= 4 is 5.88 Å². The van der Waals surface area contributed by atoms with Gasteiger partial charge in [0.2, 0.25) is 0 Å². The van der Waals surface area contributed by atoms with Gasteiger partial charge in [-0.3, -0.25) is 10.1 Å². The molecule has 1 aromatic rings. The maximum Gasteiger partial charge on any atom is 0.433 e. The molecule has 0 saturated carbocycles. The highest BCUT2D eigenvalue weighted by Crippen LogP contribution is 2.30. The van der Waals surface area contributed by atoms with Gasteiger partial charge in [0, 0.05) is 12.6 Å². The van der Waals surface area contributed by atoms with Crippen LogP contribution in [-0.2, 0) is 4.74 Å². The number of furan rings is 1. The SMILES string of the molecule is NC1CCCOC1c1ccc([N+](=O)[O-])o1. The van der Waals surface area contributed by atoms with Crippen molar-refractivity contribution in [3.63, 3.8) is 0 Å². The molecule has 2 N–H and O–H groups in total. The van der Waals surface area contributed by atoms with E-state index in [9.17, 15) is 10.1 Å². The molecule has 1 aromatic heterocycles. The van der Waals surface area contributed by atoms with Gasteiger partial charge in [0.05, 0.1) is 6.07 Å². The van der Waals surface area contributed by atoms with Gasteiger partial charge in [0.15, 0.2) is 0 Å². The quantitative estimate of drug-likeness (QED) is 0.590. The Bertz CT molecular complexity index is 363. The molecular formula is C9H12N2O4. The highest BCUT2D eigenvalue weighted by molar-refractivity contribution is 5.20. The van der Waals surface area contributed by atoms with Crippen LogP contribution < -0.4 is 5.73 Å². The molecule has 2 unspecified atom stereocenters. The van der Waals surface area contributed by atoms with Gasteiger partial charge in [0.1, 0.15) is 16.8 Å². The van der Waals surface area contributed by atoms with E-state index in [1.54, 1.807) is 6.07 Å². The van der Waals surface area contributed by atoms with Crippen molar-refractivity contribution in [2.24, 2.45) is 5.73 Å². The lowest BCUT2D eigenvalue weighted by Gasteiger charge is -2.26. The van der Waals surface area contributed by atoms with Crippen molar-refractivity contribution in [3.05, 3.63) is 28.0 Å². The van der Waals surface area contributed by atoms with E-state index in [4.69, 9.17) is 14.9 Å². The van der Waals surface area contributed by atoms with Crippen molar-refractivity contribution in [1.82, 2.24) is 0 Å². The van der Waals surface area contributed by atoms with Crippen molar-refractivity contribution in [2.45, 2.75) is 25.0 Å². The summed E-state index contributed by atoms with van der Waals surface area (Å²) in [6.45, 7) is 0.618. The molecule has 1 aliphatic rings. The lowest BCUT2D eigenvalue weighted by molar-refractivity contribution is -0.402. The standard InChI is InChI=1S/C9H12N2O4/c10-6-2-1-5-14-9(6)7-3-4-8(15-7)11(12)13/h3-4,6,9H,1-2,5,10H2. The number of ether oxygens (including phenoxy) is 1. The second-order valence-electron chi connectivity index (χ2n) is 3.53. The van der Waals surface area contributed by atoms with Crippen LogP contribution in [0.4, 0.5) is 5.88 Å². The van der Waals surface area contributed by atoms with Gasteiger partial charge in [-0.15, -0.1) is 0 Å². The van der Waals surface area contributed by atoms with E-state index in [1.165, 1.54) is 6.07 Å². The van der Waals surface area contributed by atoms with Crippen LogP contribution in [0.1, 0.15) is 24.7 Å². The topological polar surface area (TPSA) is 91.5 Å². The highest BCUT2D eigenvalue weighted by Gasteiger charge is 2.28. The third-order valence-corrected chi connectivity index (χ3v) is 2.44. The second kappa shape index (κ2) is 4.00. The molecule has 0 radical (unpaired) electrons. The first-order valence-electron chi connectivity index (χ1n) is 4.80. The number of hydrogen-bond donors (Lipinski definition) is 1. The fourth-order valence-corrected chi connectivity index (χ4v) is 1.69. The predicted octanol–water partition coefficient (Wildman–Crippen LogP) is 1.37. The summed E-state index contributed by atoms with van der Waals surface area (Å²) in [5.74, 6) is 0.167. The molecule has 2 atom stereocenters. The van der Waals surface area contributed by atoms with Crippen molar-refractivity contribution in [1.29, 1.82) is 0 Å². The minimum atomic E-state index is -0.572. The van der Waals surface area contributed by atoms with Gasteiger partial charge in [-0.1, -0.05) is 0 Å². The Morgan fingerprint density at radius 2 is 2.33 bits per heavy atom. The molecule has 0 aromatic carbocycles. The van der Waals surface area contributed by atoms with E-state index in [2.05, 4.69) is 0 Å². The van der Waals surface area contributed by atoms with Gasteiger partial charge in [-0.05, 0) is 18.9 Å². The van der Waals surface area contributed by atoms with Gasteiger partial charge in [-0.2, -0.15) is 0 Å². The number of hydrogen-bond acceptors (Lipinski definition) is 5. The Hall–Kier alpha value is -1.40. The Balaban J connectivity index is 2.17. The van der Waals surface area contributed by atoms with Crippen LogP contribution in [0.3, 0.4) is 0 Å². The molecule has 15 heavy (non-hydrogen) atoms. The van der Waals surface area contributed by atoms with Crippen molar-refractivity contribution < 1.29 is 14.1 Å². The zero-order valence-corrected chi connectivity index (χ0v) is 8.09. The molecule has 1 aliphatic heterocycles. The summed E-state index contributed by atoms with van der Waals surface area (Å²) in [5.41, 5.74) is 5.84. The molecule has 0 spiro atoms. The van der Waals surface area contributed by atoms with Crippen LogP contribution >= 0.6 is 0 Å². The zero-order valence-electron chi connectivity index (χ0n) is 8.09. The molecule has 6 nitrogen and oxygen atoms in total.